The fraction of sp³-hybridized carbons (Fsp3) is 0.600. The molecular weight excluding hydrogens is 226 g/mol. The van der Waals surface area contributed by atoms with Crippen molar-refractivity contribution < 1.29 is 9.63 Å². The SMILES string of the molecule is CON(C)C(=O)Nc1cc(C2(C)CC2)ns1. The first-order valence-corrected chi connectivity index (χ1v) is 5.88. The van der Waals surface area contributed by atoms with Crippen LogP contribution in [0.4, 0.5) is 9.80 Å². The third kappa shape index (κ3) is 2.17. The van der Waals surface area contributed by atoms with Gasteiger partial charge in [-0.05, 0) is 30.4 Å². The van der Waals surface area contributed by atoms with E-state index in [4.69, 9.17) is 4.84 Å². The number of rotatable bonds is 3. The van der Waals surface area contributed by atoms with Gasteiger partial charge in [0.2, 0.25) is 0 Å². The molecule has 0 saturated heterocycles. The minimum absolute atomic E-state index is 0.243. The Kier molecular flexibility index (Phi) is 2.86. The summed E-state index contributed by atoms with van der Waals surface area (Å²) >= 11 is 1.31. The van der Waals surface area contributed by atoms with E-state index in [2.05, 4.69) is 16.6 Å². The van der Waals surface area contributed by atoms with Crippen molar-refractivity contribution in [3.63, 3.8) is 0 Å². The third-order valence-electron chi connectivity index (χ3n) is 2.92. The highest BCUT2D eigenvalue weighted by molar-refractivity contribution is 7.10. The molecule has 0 aliphatic heterocycles. The van der Waals surface area contributed by atoms with E-state index < -0.39 is 0 Å². The summed E-state index contributed by atoms with van der Waals surface area (Å²) in [5.74, 6) is 0. The normalized spacial score (nSPS) is 16.9. The standard InChI is InChI=1S/C10H15N3O2S/c1-10(4-5-10)7-6-8(16-12-7)11-9(14)13(2)15-3/h6H,4-5H2,1-3H3,(H,11,14). The Morgan fingerprint density at radius 1 is 1.69 bits per heavy atom. The van der Waals surface area contributed by atoms with Crippen molar-refractivity contribution in [2.75, 3.05) is 19.5 Å². The van der Waals surface area contributed by atoms with Crippen LogP contribution < -0.4 is 5.32 Å². The van der Waals surface area contributed by atoms with Gasteiger partial charge in [-0.2, -0.15) is 4.37 Å². The third-order valence-corrected chi connectivity index (χ3v) is 3.62. The average Bonchev–Trinajstić information content (AvgIpc) is 2.84. The molecule has 1 aliphatic rings. The second-order valence-electron chi connectivity index (χ2n) is 4.25. The molecule has 88 valence electrons. The summed E-state index contributed by atoms with van der Waals surface area (Å²) < 4.78 is 4.36. The highest BCUT2D eigenvalue weighted by Gasteiger charge is 2.41. The van der Waals surface area contributed by atoms with Gasteiger partial charge in [0.15, 0.2) is 0 Å². The lowest BCUT2D eigenvalue weighted by atomic mass is 10.1. The minimum Gasteiger partial charge on any atom is -0.296 e. The molecule has 1 aliphatic carbocycles. The van der Waals surface area contributed by atoms with Gasteiger partial charge in [0.1, 0.15) is 5.00 Å². The van der Waals surface area contributed by atoms with E-state index in [1.54, 1.807) is 7.05 Å². The topological polar surface area (TPSA) is 54.5 Å². The first kappa shape index (κ1) is 11.3. The van der Waals surface area contributed by atoms with E-state index >= 15 is 0 Å². The van der Waals surface area contributed by atoms with Crippen molar-refractivity contribution in [1.82, 2.24) is 9.44 Å². The van der Waals surface area contributed by atoms with E-state index in [0.717, 1.165) is 15.8 Å². The summed E-state index contributed by atoms with van der Waals surface area (Å²) in [4.78, 5) is 16.3. The molecule has 1 fully saturated rings. The van der Waals surface area contributed by atoms with Crippen LogP contribution in [0, 0.1) is 0 Å². The highest BCUT2D eigenvalue weighted by atomic mass is 32.1. The number of hydrogen-bond donors (Lipinski definition) is 1. The zero-order valence-electron chi connectivity index (χ0n) is 9.61. The molecule has 2 rings (SSSR count). The van der Waals surface area contributed by atoms with E-state index in [-0.39, 0.29) is 11.4 Å². The molecule has 0 aromatic carbocycles. The van der Waals surface area contributed by atoms with Crippen LogP contribution in [0.1, 0.15) is 25.5 Å². The lowest BCUT2D eigenvalue weighted by Crippen LogP contribution is -2.29. The fourth-order valence-corrected chi connectivity index (χ4v) is 2.10. The predicted octanol–water partition coefficient (Wildman–Crippen LogP) is 2.22. The van der Waals surface area contributed by atoms with Gasteiger partial charge in [-0.25, -0.2) is 9.86 Å². The maximum atomic E-state index is 11.5. The van der Waals surface area contributed by atoms with E-state index in [0.29, 0.717) is 0 Å². The molecule has 0 atom stereocenters. The number of carbonyl (C=O) groups is 1. The number of amides is 2. The van der Waals surface area contributed by atoms with Crippen molar-refractivity contribution in [3.05, 3.63) is 11.8 Å². The molecule has 1 heterocycles. The maximum Gasteiger partial charge on any atom is 0.346 e. The molecule has 16 heavy (non-hydrogen) atoms. The maximum absolute atomic E-state index is 11.5. The van der Waals surface area contributed by atoms with E-state index in [9.17, 15) is 4.79 Å². The number of aromatic nitrogens is 1. The van der Waals surface area contributed by atoms with Crippen LogP contribution in [0.15, 0.2) is 6.07 Å². The van der Waals surface area contributed by atoms with Gasteiger partial charge in [-0.3, -0.25) is 10.2 Å². The summed E-state index contributed by atoms with van der Waals surface area (Å²) in [6, 6.07) is 1.65. The Morgan fingerprint density at radius 3 is 2.94 bits per heavy atom. The van der Waals surface area contributed by atoms with Gasteiger partial charge in [-0.1, -0.05) is 6.92 Å². The van der Waals surface area contributed by atoms with Crippen molar-refractivity contribution in [2.45, 2.75) is 25.2 Å². The second kappa shape index (κ2) is 4.03. The lowest BCUT2D eigenvalue weighted by Gasteiger charge is -2.13. The molecule has 1 aromatic heterocycles. The number of nitrogens with one attached hydrogen (secondary N) is 1. The Labute approximate surface area is 98.5 Å². The smallest absolute Gasteiger partial charge is 0.296 e. The molecule has 0 bridgehead atoms. The highest BCUT2D eigenvalue weighted by Crippen LogP contribution is 2.48. The molecule has 2 amide bonds. The zero-order valence-corrected chi connectivity index (χ0v) is 10.4. The number of carbonyl (C=O) groups excluding carboxylic acids is 1. The fourth-order valence-electron chi connectivity index (χ4n) is 1.33. The molecule has 0 radical (unpaired) electrons. The van der Waals surface area contributed by atoms with E-state index in [1.807, 2.05) is 6.07 Å². The van der Waals surface area contributed by atoms with Gasteiger partial charge in [0.25, 0.3) is 0 Å². The van der Waals surface area contributed by atoms with E-state index in [1.165, 1.54) is 31.5 Å². The van der Waals surface area contributed by atoms with Gasteiger partial charge >= 0.3 is 6.03 Å². The molecule has 1 saturated carbocycles. The van der Waals surface area contributed by atoms with Crippen molar-refractivity contribution in [1.29, 1.82) is 0 Å². The predicted molar refractivity (Wildman–Crippen MR) is 62.5 cm³/mol. The van der Waals surface area contributed by atoms with Crippen LogP contribution in [0.2, 0.25) is 0 Å². The summed E-state index contributed by atoms with van der Waals surface area (Å²) in [6.45, 7) is 2.19. The molecule has 6 heteroatoms. The van der Waals surface area contributed by atoms with Crippen molar-refractivity contribution >= 4 is 22.6 Å². The second-order valence-corrected chi connectivity index (χ2v) is 5.05. The van der Waals surface area contributed by atoms with Gasteiger partial charge in [0.05, 0.1) is 12.8 Å². The summed E-state index contributed by atoms with van der Waals surface area (Å²) in [5.41, 5.74) is 1.32. The number of anilines is 1. The van der Waals surface area contributed by atoms with Crippen LogP contribution in [0.5, 0.6) is 0 Å². The zero-order chi connectivity index (χ0) is 11.8. The van der Waals surface area contributed by atoms with Crippen LogP contribution in [0.3, 0.4) is 0 Å². The van der Waals surface area contributed by atoms with Crippen molar-refractivity contribution in [3.8, 4) is 0 Å². The molecule has 5 nitrogen and oxygen atoms in total. The number of hydroxylamine groups is 2. The molecule has 0 unspecified atom stereocenters. The molecule has 1 aromatic rings. The first-order valence-electron chi connectivity index (χ1n) is 5.11. The summed E-state index contributed by atoms with van der Waals surface area (Å²) in [5, 5.41) is 4.63. The van der Waals surface area contributed by atoms with Gasteiger partial charge < -0.3 is 0 Å². The molecular formula is C10H15N3O2S. The first-order chi connectivity index (χ1) is 7.55. The Hall–Kier alpha value is -1.14. The lowest BCUT2D eigenvalue weighted by molar-refractivity contribution is -0.0597. The quantitative estimate of drug-likeness (QED) is 0.825. The van der Waals surface area contributed by atoms with Crippen LogP contribution in [0.25, 0.3) is 0 Å². The van der Waals surface area contributed by atoms with Crippen LogP contribution in [-0.4, -0.2) is 29.6 Å². The van der Waals surface area contributed by atoms with Crippen LogP contribution in [-0.2, 0) is 10.3 Å². The largest absolute Gasteiger partial charge is 0.346 e. The van der Waals surface area contributed by atoms with Crippen LogP contribution >= 0.6 is 11.5 Å². The number of nitrogens with zero attached hydrogens (tertiary/aromatic N) is 2. The Morgan fingerprint density at radius 2 is 2.38 bits per heavy atom. The Bertz CT molecular complexity index is 401. The minimum atomic E-state index is -0.293. The number of urea groups is 1. The molecule has 0 spiro atoms. The van der Waals surface area contributed by atoms with Crippen molar-refractivity contribution in [2.24, 2.45) is 0 Å². The average molecular weight is 241 g/mol. The Balaban J connectivity index is 2.00. The monoisotopic (exact) mass is 241 g/mol. The van der Waals surface area contributed by atoms with Gasteiger partial charge in [-0.15, -0.1) is 0 Å². The molecule has 1 N–H and O–H groups in total. The van der Waals surface area contributed by atoms with Gasteiger partial charge in [0, 0.05) is 12.5 Å². The summed E-state index contributed by atoms with van der Waals surface area (Å²) in [7, 11) is 3.00. The number of hydrogen-bond acceptors (Lipinski definition) is 4. The summed E-state index contributed by atoms with van der Waals surface area (Å²) in [6.07, 6.45) is 2.37.